The zero-order chi connectivity index (χ0) is 22.0. The molecule has 2 aromatic carbocycles. The number of cyclic esters (lactones) is 1. The van der Waals surface area contributed by atoms with Crippen molar-refractivity contribution >= 4 is 55.5 Å². The van der Waals surface area contributed by atoms with E-state index in [4.69, 9.17) is 9.47 Å². The van der Waals surface area contributed by atoms with Crippen LogP contribution in [0.1, 0.15) is 23.6 Å². The van der Waals surface area contributed by atoms with Crippen LogP contribution in [0.4, 0.5) is 5.69 Å². The predicted octanol–water partition coefficient (Wildman–Crippen LogP) is 5.73. The maximum Gasteiger partial charge on any atom is 0.363 e. The lowest BCUT2D eigenvalue weighted by molar-refractivity contribution is -0.385. The van der Waals surface area contributed by atoms with E-state index in [-0.39, 0.29) is 17.3 Å². The average molecular weight is 536 g/mol. The van der Waals surface area contributed by atoms with Crippen LogP contribution >= 0.6 is 31.9 Å². The van der Waals surface area contributed by atoms with Crippen LogP contribution in [-0.4, -0.2) is 23.4 Å². The molecule has 0 N–H and O–H groups in total. The predicted molar refractivity (Wildman–Crippen MR) is 121 cm³/mol. The van der Waals surface area contributed by atoms with E-state index in [1.807, 2.05) is 6.92 Å². The molecule has 0 aromatic heterocycles. The molecule has 0 amide bonds. The van der Waals surface area contributed by atoms with Gasteiger partial charge in [-0.15, -0.1) is 0 Å². The summed E-state index contributed by atoms with van der Waals surface area (Å²) in [5.74, 6) is 0.00211. The van der Waals surface area contributed by atoms with Crippen LogP contribution in [0.15, 0.2) is 62.1 Å². The van der Waals surface area contributed by atoms with Crippen LogP contribution in [0, 0.1) is 17.0 Å². The first-order valence-corrected chi connectivity index (χ1v) is 10.3. The van der Waals surface area contributed by atoms with E-state index < -0.39 is 10.9 Å². The number of ether oxygens (including phenoxy) is 2. The molecule has 0 fully saturated rings. The fraction of sp³-hybridized carbons (Fsp3) is 0.143. The van der Waals surface area contributed by atoms with Crippen LogP contribution < -0.4 is 4.74 Å². The minimum Gasteiger partial charge on any atom is -0.487 e. The summed E-state index contributed by atoms with van der Waals surface area (Å²) < 4.78 is 12.3. The summed E-state index contributed by atoms with van der Waals surface area (Å²) in [7, 11) is 0. The van der Waals surface area contributed by atoms with Crippen molar-refractivity contribution in [1.29, 1.82) is 0 Å². The number of carbonyl (C=O) groups excluding carboxylic acids is 1. The number of aliphatic imine (C=N–C) groups is 1. The van der Waals surface area contributed by atoms with Crippen LogP contribution in [-0.2, 0) is 9.53 Å². The van der Waals surface area contributed by atoms with Crippen LogP contribution in [0.2, 0.25) is 0 Å². The molecule has 1 aliphatic heterocycles. The molecule has 0 saturated carbocycles. The molecule has 1 aliphatic rings. The monoisotopic (exact) mass is 534 g/mol. The highest BCUT2D eigenvalue weighted by atomic mass is 79.9. The van der Waals surface area contributed by atoms with Gasteiger partial charge in [0.05, 0.1) is 13.9 Å². The standard InChI is InChI=1S/C21H16Br2N2O5/c1-11(2)10-29-19-15(22)6-13(7-16(19)23)8-17-21(26)30-20(24-17)14-5-4-12(3)18(9-14)25(27)28/h4-9H,1,10H2,2-3H3/b17-8-. The number of hydrogen-bond acceptors (Lipinski definition) is 6. The number of nitro benzene ring substituents is 1. The highest BCUT2D eigenvalue weighted by Crippen LogP contribution is 2.36. The molecule has 0 aliphatic carbocycles. The molecular weight excluding hydrogens is 520 g/mol. The van der Waals surface area contributed by atoms with Crippen molar-refractivity contribution in [2.45, 2.75) is 13.8 Å². The van der Waals surface area contributed by atoms with Gasteiger partial charge >= 0.3 is 5.97 Å². The third-order valence-corrected chi connectivity index (χ3v) is 5.24. The van der Waals surface area contributed by atoms with Gasteiger partial charge in [0.25, 0.3) is 5.69 Å². The second kappa shape index (κ2) is 8.93. The van der Waals surface area contributed by atoms with Gasteiger partial charge in [0.15, 0.2) is 5.70 Å². The average Bonchev–Trinajstić information content (AvgIpc) is 3.01. The number of carbonyl (C=O) groups is 1. The maximum absolute atomic E-state index is 12.3. The van der Waals surface area contributed by atoms with Crippen molar-refractivity contribution in [3.63, 3.8) is 0 Å². The van der Waals surface area contributed by atoms with E-state index in [0.29, 0.717) is 38.0 Å². The maximum atomic E-state index is 12.3. The molecule has 0 atom stereocenters. The molecule has 1 heterocycles. The van der Waals surface area contributed by atoms with Crippen molar-refractivity contribution in [1.82, 2.24) is 0 Å². The molecule has 154 valence electrons. The zero-order valence-electron chi connectivity index (χ0n) is 16.1. The second-order valence-electron chi connectivity index (χ2n) is 6.65. The fourth-order valence-corrected chi connectivity index (χ4v) is 4.08. The van der Waals surface area contributed by atoms with Crippen molar-refractivity contribution < 1.29 is 19.2 Å². The Morgan fingerprint density at radius 1 is 1.30 bits per heavy atom. The number of hydrogen-bond donors (Lipinski definition) is 0. The summed E-state index contributed by atoms with van der Waals surface area (Å²) in [6.07, 6.45) is 1.57. The topological polar surface area (TPSA) is 91.0 Å². The van der Waals surface area contributed by atoms with E-state index >= 15 is 0 Å². The van der Waals surface area contributed by atoms with Crippen molar-refractivity contribution in [3.8, 4) is 5.75 Å². The smallest absolute Gasteiger partial charge is 0.363 e. The normalized spacial score (nSPS) is 14.5. The lowest BCUT2D eigenvalue weighted by Gasteiger charge is -2.11. The summed E-state index contributed by atoms with van der Waals surface area (Å²) in [4.78, 5) is 27.2. The fourth-order valence-electron chi connectivity index (χ4n) is 2.63. The third-order valence-electron chi connectivity index (χ3n) is 4.06. The van der Waals surface area contributed by atoms with Gasteiger partial charge in [0.1, 0.15) is 12.4 Å². The van der Waals surface area contributed by atoms with Gasteiger partial charge in [-0.2, -0.15) is 0 Å². The quantitative estimate of drug-likeness (QED) is 0.155. The molecule has 30 heavy (non-hydrogen) atoms. The van der Waals surface area contributed by atoms with Crippen LogP contribution in [0.3, 0.4) is 0 Å². The highest BCUT2D eigenvalue weighted by molar-refractivity contribution is 9.11. The molecular formula is C21H16Br2N2O5. The summed E-state index contributed by atoms with van der Waals surface area (Å²) in [5.41, 5.74) is 2.45. The Kier molecular flexibility index (Phi) is 6.52. The van der Waals surface area contributed by atoms with Crippen LogP contribution in [0.5, 0.6) is 5.75 Å². The van der Waals surface area contributed by atoms with Crippen molar-refractivity contribution in [2.24, 2.45) is 4.99 Å². The van der Waals surface area contributed by atoms with E-state index in [1.165, 1.54) is 6.07 Å². The number of nitrogens with zero attached hydrogens (tertiary/aromatic N) is 2. The molecule has 2 aromatic rings. The number of rotatable bonds is 6. The molecule has 0 radical (unpaired) electrons. The minimum absolute atomic E-state index is 0.0221. The number of aryl methyl sites for hydroxylation is 1. The largest absolute Gasteiger partial charge is 0.487 e. The summed E-state index contributed by atoms with van der Waals surface area (Å²) in [6.45, 7) is 7.68. The van der Waals surface area contributed by atoms with E-state index in [1.54, 1.807) is 37.3 Å². The lowest BCUT2D eigenvalue weighted by atomic mass is 10.1. The first-order chi connectivity index (χ1) is 14.2. The Labute approximate surface area is 189 Å². The van der Waals surface area contributed by atoms with Gasteiger partial charge < -0.3 is 9.47 Å². The Hall–Kier alpha value is -2.78. The number of halogens is 2. The molecule has 0 saturated heterocycles. The molecule has 7 nitrogen and oxygen atoms in total. The van der Waals surface area contributed by atoms with Crippen LogP contribution in [0.25, 0.3) is 6.08 Å². The molecule has 0 unspecified atom stereocenters. The highest BCUT2D eigenvalue weighted by Gasteiger charge is 2.26. The lowest BCUT2D eigenvalue weighted by Crippen LogP contribution is -2.06. The number of benzene rings is 2. The Bertz CT molecular complexity index is 1120. The summed E-state index contributed by atoms with van der Waals surface area (Å²) in [5, 5.41) is 11.2. The van der Waals surface area contributed by atoms with Crippen molar-refractivity contribution in [2.75, 3.05) is 6.61 Å². The zero-order valence-corrected chi connectivity index (χ0v) is 19.2. The second-order valence-corrected chi connectivity index (χ2v) is 8.36. The van der Waals surface area contributed by atoms with Gasteiger partial charge in [0, 0.05) is 17.2 Å². The third kappa shape index (κ3) is 4.85. The van der Waals surface area contributed by atoms with Crippen molar-refractivity contribution in [3.05, 3.63) is 83.9 Å². The Morgan fingerprint density at radius 2 is 1.97 bits per heavy atom. The Balaban J connectivity index is 1.92. The first kappa shape index (κ1) is 21.9. The SMILES string of the molecule is C=C(C)COc1c(Br)cc(/C=C2\N=C(c3ccc(C)c([N+](=O)[O-])c3)OC2=O)cc1Br. The van der Waals surface area contributed by atoms with Gasteiger partial charge in [-0.3, -0.25) is 10.1 Å². The van der Waals surface area contributed by atoms with Gasteiger partial charge in [0.2, 0.25) is 5.90 Å². The minimum atomic E-state index is -0.636. The van der Waals surface area contributed by atoms with E-state index in [9.17, 15) is 14.9 Å². The molecule has 0 spiro atoms. The molecule has 3 rings (SSSR count). The first-order valence-electron chi connectivity index (χ1n) is 8.70. The molecule has 0 bridgehead atoms. The van der Waals surface area contributed by atoms with Gasteiger partial charge in [-0.1, -0.05) is 12.6 Å². The number of nitro groups is 1. The van der Waals surface area contributed by atoms with Gasteiger partial charge in [-0.25, -0.2) is 9.79 Å². The Morgan fingerprint density at radius 3 is 2.57 bits per heavy atom. The summed E-state index contributed by atoms with van der Waals surface area (Å²) >= 11 is 6.92. The van der Waals surface area contributed by atoms with E-state index in [2.05, 4.69) is 43.4 Å². The molecule has 9 heteroatoms. The number of esters is 1. The van der Waals surface area contributed by atoms with E-state index in [0.717, 1.165) is 5.57 Å². The summed E-state index contributed by atoms with van der Waals surface area (Å²) in [6, 6.07) is 8.11. The van der Waals surface area contributed by atoms with Gasteiger partial charge in [-0.05, 0) is 81.1 Å².